The number of para-hydroxylation sites is 1. The summed E-state index contributed by atoms with van der Waals surface area (Å²) in [6, 6.07) is 11.2. The van der Waals surface area contributed by atoms with Crippen molar-refractivity contribution < 1.29 is 13.2 Å². The van der Waals surface area contributed by atoms with E-state index >= 15 is 0 Å². The van der Waals surface area contributed by atoms with Gasteiger partial charge in [0.05, 0.1) is 10.5 Å². The van der Waals surface area contributed by atoms with Crippen LogP contribution in [0.4, 0.5) is 5.69 Å². The first-order chi connectivity index (χ1) is 13.2. The molecule has 0 bridgehead atoms. The van der Waals surface area contributed by atoms with Gasteiger partial charge in [0.15, 0.2) is 0 Å². The molecule has 1 saturated heterocycles. The lowest BCUT2D eigenvalue weighted by Crippen LogP contribution is -2.62. The minimum atomic E-state index is -3.58. The number of aryl methyl sites for hydroxylation is 3. The van der Waals surface area contributed by atoms with Gasteiger partial charge < -0.3 is 10.6 Å². The SMILES string of the molecule is Cc1cc(C)c(S(=O)(=O)N2CCC3(CC2)NC(=O)c2ccccc2N3)c(C)c1. The Morgan fingerprint density at radius 1 is 0.964 bits per heavy atom. The van der Waals surface area contributed by atoms with E-state index in [0.717, 1.165) is 22.4 Å². The standard InChI is InChI=1S/C21H25N3O3S/c1-14-12-15(2)19(16(3)13-14)28(26,27)24-10-8-21(9-11-24)22-18-7-5-4-6-17(18)20(25)23-21/h4-7,12-13,22H,8-11H2,1-3H3,(H,23,25). The van der Waals surface area contributed by atoms with E-state index in [1.165, 1.54) is 4.31 Å². The molecule has 0 saturated carbocycles. The highest BCUT2D eigenvalue weighted by Crippen LogP contribution is 2.34. The minimum absolute atomic E-state index is 0.115. The van der Waals surface area contributed by atoms with Crippen LogP contribution in [0.5, 0.6) is 0 Å². The third kappa shape index (κ3) is 3.08. The number of benzene rings is 2. The number of amides is 1. The highest BCUT2D eigenvalue weighted by molar-refractivity contribution is 7.89. The van der Waals surface area contributed by atoms with Crippen molar-refractivity contribution in [2.45, 2.75) is 44.2 Å². The molecule has 148 valence electrons. The largest absolute Gasteiger partial charge is 0.362 e. The Balaban J connectivity index is 1.57. The van der Waals surface area contributed by atoms with Crippen LogP contribution >= 0.6 is 0 Å². The van der Waals surface area contributed by atoms with Crippen molar-refractivity contribution in [2.75, 3.05) is 18.4 Å². The summed E-state index contributed by atoms with van der Waals surface area (Å²) in [5.74, 6) is -0.115. The summed E-state index contributed by atoms with van der Waals surface area (Å²) in [6.07, 6.45) is 1.02. The Bertz CT molecular complexity index is 1030. The maximum absolute atomic E-state index is 13.3. The average molecular weight is 400 g/mol. The van der Waals surface area contributed by atoms with Crippen LogP contribution in [0.1, 0.15) is 39.9 Å². The maximum atomic E-state index is 13.3. The predicted molar refractivity (Wildman–Crippen MR) is 109 cm³/mol. The van der Waals surface area contributed by atoms with Crippen LogP contribution < -0.4 is 10.6 Å². The topological polar surface area (TPSA) is 78.5 Å². The first-order valence-corrected chi connectivity index (χ1v) is 10.9. The minimum Gasteiger partial charge on any atom is -0.362 e. The molecule has 1 fully saturated rings. The Morgan fingerprint density at radius 3 is 2.21 bits per heavy atom. The number of hydrogen-bond acceptors (Lipinski definition) is 4. The molecule has 1 spiro atoms. The third-order valence-corrected chi connectivity index (χ3v) is 7.88. The number of nitrogens with zero attached hydrogens (tertiary/aromatic N) is 1. The van der Waals surface area contributed by atoms with Crippen molar-refractivity contribution in [1.82, 2.24) is 9.62 Å². The second kappa shape index (κ2) is 6.60. The summed E-state index contributed by atoms with van der Waals surface area (Å²) in [5, 5.41) is 6.49. The van der Waals surface area contributed by atoms with Gasteiger partial charge in [0.1, 0.15) is 5.66 Å². The van der Waals surface area contributed by atoms with Crippen LogP contribution in [0.3, 0.4) is 0 Å². The summed E-state index contributed by atoms with van der Waals surface area (Å²) in [5.41, 5.74) is 3.42. The molecule has 1 amide bonds. The highest BCUT2D eigenvalue weighted by Gasteiger charge is 2.43. The number of sulfonamides is 1. The Hall–Kier alpha value is -2.38. The third-order valence-electron chi connectivity index (χ3n) is 5.68. The van der Waals surface area contributed by atoms with Gasteiger partial charge in [0.25, 0.3) is 5.91 Å². The molecule has 4 rings (SSSR count). The van der Waals surface area contributed by atoms with Crippen LogP contribution in [0.15, 0.2) is 41.3 Å². The number of nitrogens with one attached hydrogen (secondary N) is 2. The number of rotatable bonds is 2. The van der Waals surface area contributed by atoms with Crippen molar-refractivity contribution >= 4 is 21.6 Å². The molecule has 2 N–H and O–H groups in total. The van der Waals surface area contributed by atoms with E-state index in [1.54, 1.807) is 6.07 Å². The normalized spacial score (nSPS) is 19.0. The summed E-state index contributed by atoms with van der Waals surface area (Å²) >= 11 is 0. The van der Waals surface area contributed by atoms with Crippen LogP contribution in [0.2, 0.25) is 0 Å². The van der Waals surface area contributed by atoms with E-state index in [9.17, 15) is 13.2 Å². The number of carbonyl (C=O) groups excluding carboxylic acids is 1. The smallest absolute Gasteiger partial charge is 0.255 e. The molecule has 2 aromatic carbocycles. The van der Waals surface area contributed by atoms with E-state index in [0.29, 0.717) is 36.4 Å². The van der Waals surface area contributed by atoms with Gasteiger partial charge in [-0.2, -0.15) is 4.31 Å². The zero-order valence-corrected chi connectivity index (χ0v) is 17.2. The molecule has 7 heteroatoms. The van der Waals surface area contributed by atoms with Gasteiger partial charge in [-0.25, -0.2) is 8.42 Å². The molecule has 6 nitrogen and oxygen atoms in total. The second-order valence-corrected chi connectivity index (χ2v) is 9.71. The highest BCUT2D eigenvalue weighted by atomic mass is 32.2. The van der Waals surface area contributed by atoms with Gasteiger partial charge in [-0.05, 0) is 44.0 Å². The van der Waals surface area contributed by atoms with Crippen LogP contribution in [0, 0.1) is 20.8 Å². The van der Waals surface area contributed by atoms with Crippen LogP contribution in [-0.2, 0) is 10.0 Å². The van der Waals surface area contributed by atoms with Gasteiger partial charge in [0, 0.05) is 31.6 Å². The van der Waals surface area contributed by atoms with E-state index in [2.05, 4.69) is 10.6 Å². The van der Waals surface area contributed by atoms with E-state index in [4.69, 9.17) is 0 Å². The van der Waals surface area contributed by atoms with Crippen molar-refractivity contribution in [3.63, 3.8) is 0 Å². The molecule has 0 unspecified atom stereocenters. The molecule has 0 aliphatic carbocycles. The predicted octanol–water partition coefficient (Wildman–Crippen LogP) is 2.95. The Labute approximate surface area is 166 Å². The summed E-state index contributed by atoms with van der Waals surface area (Å²) in [4.78, 5) is 12.9. The molecule has 2 aliphatic rings. The van der Waals surface area contributed by atoms with Gasteiger partial charge in [-0.15, -0.1) is 0 Å². The number of hydrogen-bond donors (Lipinski definition) is 2. The molecule has 2 aliphatic heterocycles. The number of carbonyl (C=O) groups is 1. The van der Waals surface area contributed by atoms with Crippen molar-refractivity contribution in [3.8, 4) is 0 Å². The number of anilines is 1. The molecule has 0 atom stereocenters. The number of fused-ring (bicyclic) bond motifs is 1. The molecule has 0 aromatic heterocycles. The van der Waals surface area contributed by atoms with Gasteiger partial charge in [0.2, 0.25) is 10.0 Å². The van der Waals surface area contributed by atoms with Gasteiger partial charge in [-0.1, -0.05) is 29.8 Å². The monoisotopic (exact) mass is 399 g/mol. The molecule has 2 aromatic rings. The molecule has 28 heavy (non-hydrogen) atoms. The fraction of sp³-hybridized carbons (Fsp3) is 0.381. The van der Waals surface area contributed by atoms with Gasteiger partial charge in [-0.3, -0.25) is 4.79 Å². The first-order valence-electron chi connectivity index (χ1n) is 9.50. The van der Waals surface area contributed by atoms with Gasteiger partial charge >= 0.3 is 0 Å². The van der Waals surface area contributed by atoms with E-state index in [-0.39, 0.29) is 5.91 Å². The zero-order valence-electron chi connectivity index (χ0n) is 16.4. The molecular formula is C21H25N3O3S. The zero-order chi connectivity index (χ0) is 20.1. The second-order valence-electron chi connectivity index (χ2n) is 7.84. The van der Waals surface area contributed by atoms with E-state index in [1.807, 2.05) is 51.1 Å². The lowest BCUT2D eigenvalue weighted by atomic mass is 9.93. The average Bonchev–Trinajstić information content (AvgIpc) is 2.61. The van der Waals surface area contributed by atoms with Crippen molar-refractivity contribution in [2.24, 2.45) is 0 Å². The summed E-state index contributed by atoms with van der Waals surface area (Å²) in [7, 11) is -3.58. The fourth-order valence-corrected chi connectivity index (χ4v) is 6.28. The number of piperidine rings is 1. The van der Waals surface area contributed by atoms with E-state index < -0.39 is 15.7 Å². The maximum Gasteiger partial charge on any atom is 0.255 e. The molecular weight excluding hydrogens is 374 g/mol. The summed E-state index contributed by atoms with van der Waals surface area (Å²) in [6.45, 7) is 6.36. The molecule has 2 heterocycles. The Kier molecular flexibility index (Phi) is 4.47. The molecule has 0 radical (unpaired) electrons. The summed E-state index contributed by atoms with van der Waals surface area (Å²) < 4.78 is 28.1. The van der Waals surface area contributed by atoms with Crippen molar-refractivity contribution in [1.29, 1.82) is 0 Å². The van der Waals surface area contributed by atoms with Crippen LogP contribution in [-0.4, -0.2) is 37.4 Å². The van der Waals surface area contributed by atoms with Crippen molar-refractivity contribution in [3.05, 3.63) is 58.7 Å². The Morgan fingerprint density at radius 2 is 1.57 bits per heavy atom. The quantitative estimate of drug-likeness (QED) is 0.814. The lowest BCUT2D eigenvalue weighted by molar-refractivity contribution is 0.0865. The lowest BCUT2D eigenvalue weighted by Gasteiger charge is -2.45. The fourth-order valence-electron chi connectivity index (χ4n) is 4.42. The van der Waals surface area contributed by atoms with Crippen LogP contribution in [0.25, 0.3) is 0 Å². The first kappa shape index (κ1) is 19.0.